The highest BCUT2D eigenvalue weighted by Crippen LogP contribution is 2.30. The molecule has 2 aromatic rings. The minimum atomic E-state index is -3.68. The van der Waals surface area contributed by atoms with Crippen LogP contribution in [0.1, 0.15) is 5.69 Å². The molecule has 7 nitrogen and oxygen atoms in total. The molecular formula is C16H19ClN4O3S. The lowest BCUT2D eigenvalue weighted by atomic mass is 10.3. The number of nitrogens with zero attached hydrogens (tertiary/aromatic N) is 4. The summed E-state index contributed by atoms with van der Waals surface area (Å²) in [6.45, 7) is 3.73. The molecule has 9 heteroatoms. The number of benzene rings is 1. The highest BCUT2D eigenvalue weighted by atomic mass is 35.5. The maximum atomic E-state index is 13.0. The van der Waals surface area contributed by atoms with E-state index >= 15 is 0 Å². The Bertz CT molecular complexity index is 867. The zero-order valence-corrected chi connectivity index (χ0v) is 15.6. The number of aryl methyl sites for hydroxylation is 1. The normalized spacial score (nSPS) is 16.0. The van der Waals surface area contributed by atoms with Crippen LogP contribution in [0.15, 0.2) is 35.5 Å². The summed E-state index contributed by atoms with van der Waals surface area (Å²) in [5.74, 6) is 1.10. The summed E-state index contributed by atoms with van der Waals surface area (Å²) in [7, 11) is -2.23. The molecule has 134 valence electrons. The van der Waals surface area contributed by atoms with Crippen LogP contribution in [0.5, 0.6) is 5.75 Å². The first-order chi connectivity index (χ1) is 11.9. The molecule has 1 aliphatic rings. The summed E-state index contributed by atoms with van der Waals surface area (Å²) in [6.07, 6.45) is 1.52. The zero-order valence-electron chi connectivity index (χ0n) is 14.0. The van der Waals surface area contributed by atoms with Gasteiger partial charge in [-0.1, -0.05) is 11.6 Å². The molecule has 0 unspecified atom stereocenters. The van der Waals surface area contributed by atoms with Crippen molar-refractivity contribution in [2.24, 2.45) is 0 Å². The fourth-order valence-corrected chi connectivity index (χ4v) is 4.60. The summed E-state index contributed by atoms with van der Waals surface area (Å²) in [5, 5.41) is 0.356. The predicted octanol–water partition coefficient (Wildman–Crippen LogP) is 1.96. The molecule has 0 aliphatic carbocycles. The van der Waals surface area contributed by atoms with Gasteiger partial charge in [-0.15, -0.1) is 0 Å². The topological polar surface area (TPSA) is 75.6 Å². The van der Waals surface area contributed by atoms with Gasteiger partial charge in [0.1, 0.15) is 22.8 Å². The molecule has 0 N–H and O–H groups in total. The molecule has 1 aliphatic heterocycles. The number of aromatic nitrogens is 2. The van der Waals surface area contributed by atoms with Gasteiger partial charge in [0, 0.05) is 43.0 Å². The monoisotopic (exact) mass is 382 g/mol. The smallest absolute Gasteiger partial charge is 0.246 e. The van der Waals surface area contributed by atoms with Crippen LogP contribution in [0, 0.1) is 6.92 Å². The maximum absolute atomic E-state index is 13.0. The summed E-state index contributed by atoms with van der Waals surface area (Å²) < 4.78 is 32.6. The fraction of sp³-hybridized carbons (Fsp3) is 0.375. The molecule has 2 heterocycles. The number of ether oxygens (including phenoxy) is 1. The Morgan fingerprint density at radius 2 is 1.84 bits per heavy atom. The second kappa shape index (κ2) is 7.15. The van der Waals surface area contributed by atoms with E-state index in [1.807, 2.05) is 13.0 Å². The van der Waals surface area contributed by atoms with Crippen LogP contribution >= 0.6 is 11.6 Å². The third kappa shape index (κ3) is 3.70. The molecule has 0 radical (unpaired) electrons. The Kier molecular flexibility index (Phi) is 5.12. The van der Waals surface area contributed by atoms with Gasteiger partial charge in [0.05, 0.1) is 7.11 Å². The van der Waals surface area contributed by atoms with Gasteiger partial charge >= 0.3 is 0 Å². The summed E-state index contributed by atoms with van der Waals surface area (Å²) in [5.41, 5.74) is 0.878. The minimum Gasteiger partial charge on any atom is -0.495 e. The number of anilines is 1. The van der Waals surface area contributed by atoms with Gasteiger partial charge in [0.25, 0.3) is 0 Å². The van der Waals surface area contributed by atoms with Gasteiger partial charge in [-0.3, -0.25) is 0 Å². The van der Waals surface area contributed by atoms with Crippen LogP contribution < -0.4 is 9.64 Å². The quantitative estimate of drug-likeness (QED) is 0.804. The van der Waals surface area contributed by atoms with Gasteiger partial charge in [-0.25, -0.2) is 18.4 Å². The first-order valence-corrected chi connectivity index (χ1v) is 9.61. The van der Waals surface area contributed by atoms with Crippen molar-refractivity contribution in [3.8, 4) is 5.75 Å². The summed E-state index contributed by atoms with van der Waals surface area (Å²) in [6, 6.07) is 6.49. The van der Waals surface area contributed by atoms with Crippen molar-refractivity contribution in [3.63, 3.8) is 0 Å². The number of halogens is 1. The average molecular weight is 383 g/mol. The van der Waals surface area contributed by atoms with Crippen molar-refractivity contribution in [3.05, 3.63) is 41.3 Å². The molecular weight excluding hydrogens is 364 g/mol. The number of hydrogen-bond donors (Lipinski definition) is 0. The van der Waals surface area contributed by atoms with Gasteiger partial charge in [-0.05, 0) is 25.1 Å². The standard InChI is InChI=1S/C16H19ClN4O3S/c1-12-9-16(19-11-18-12)20-5-7-21(8-6-20)25(22,23)15-10-13(17)3-4-14(15)24-2/h3-4,9-11H,5-8H2,1-2H3. The number of hydrogen-bond acceptors (Lipinski definition) is 6. The fourth-order valence-electron chi connectivity index (χ4n) is 2.76. The zero-order chi connectivity index (χ0) is 18.0. The number of piperazine rings is 1. The Labute approximate surface area is 152 Å². The Hall–Kier alpha value is -1.90. The third-order valence-electron chi connectivity index (χ3n) is 4.10. The number of rotatable bonds is 4. The third-order valence-corrected chi connectivity index (χ3v) is 6.25. The van der Waals surface area contributed by atoms with E-state index in [4.69, 9.17) is 16.3 Å². The highest BCUT2D eigenvalue weighted by Gasteiger charge is 2.31. The van der Waals surface area contributed by atoms with E-state index in [-0.39, 0.29) is 4.90 Å². The molecule has 3 rings (SSSR count). The molecule has 0 bridgehead atoms. The van der Waals surface area contributed by atoms with Crippen LogP contribution in [0.25, 0.3) is 0 Å². The van der Waals surface area contributed by atoms with Crippen molar-refractivity contribution in [1.82, 2.24) is 14.3 Å². The van der Waals surface area contributed by atoms with Crippen molar-refractivity contribution in [2.75, 3.05) is 38.2 Å². The van der Waals surface area contributed by atoms with Crippen molar-refractivity contribution >= 4 is 27.4 Å². The molecule has 0 saturated carbocycles. The molecule has 25 heavy (non-hydrogen) atoms. The summed E-state index contributed by atoms with van der Waals surface area (Å²) in [4.78, 5) is 10.5. The second-order valence-electron chi connectivity index (χ2n) is 5.70. The first-order valence-electron chi connectivity index (χ1n) is 7.79. The van der Waals surface area contributed by atoms with Crippen LogP contribution in [0.2, 0.25) is 5.02 Å². The van der Waals surface area contributed by atoms with E-state index in [2.05, 4.69) is 14.9 Å². The van der Waals surface area contributed by atoms with Gasteiger partial charge in [0.2, 0.25) is 10.0 Å². The number of methoxy groups -OCH3 is 1. The summed E-state index contributed by atoms with van der Waals surface area (Å²) >= 11 is 5.98. The Morgan fingerprint density at radius 1 is 1.12 bits per heavy atom. The average Bonchev–Trinajstić information content (AvgIpc) is 2.62. The lowest BCUT2D eigenvalue weighted by Gasteiger charge is -2.34. The second-order valence-corrected chi connectivity index (χ2v) is 8.05. The Morgan fingerprint density at radius 3 is 2.48 bits per heavy atom. The largest absolute Gasteiger partial charge is 0.495 e. The minimum absolute atomic E-state index is 0.0915. The maximum Gasteiger partial charge on any atom is 0.246 e. The van der Waals surface area contributed by atoms with E-state index in [0.29, 0.717) is 37.0 Å². The van der Waals surface area contributed by atoms with E-state index in [1.165, 1.54) is 23.8 Å². The van der Waals surface area contributed by atoms with Gasteiger partial charge in [-0.2, -0.15) is 4.31 Å². The number of sulfonamides is 1. The van der Waals surface area contributed by atoms with E-state index in [0.717, 1.165) is 11.5 Å². The lowest BCUT2D eigenvalue weighted by Crippen LogP contribution is -2.49. The molecule has 0 spiro atoms. The molecule has 1 fully saturated rings. The van der Waals surface area contributed by atoms with Crippen molar-refractivity contribution < 1.29 is 13.2 Å². The highest BCUT2D eigenvalue weighted by molar-refractivity contribution is 7.89. The van der Waals surface area contributed by atoms with E-state index in [9.17, 15) is 8.42 Å². The van der Waals surface area contributed by atoms with E-state index < -0.39 is 10.0 Å². The van der Waals surface area contributed by atoms with Crippen LogP contribution in [-0.4, -0.2) is 56.0 Å². The Balaban J connectivity index is 1.79. The first kappa shape index (κ1) is 17.9. The van der Waals surface area contributed by atoms with Crippen LogP contribution in [0.3, 0.4) is 0 Å². The molecule has 1 aromatic carbocycles. The molecule has 1 aromatic heterocycles. The SMILES string of the molecule is COc1ccc(Cl)cc1S(=O)(=O)N1CCN(c2cc(C)ncn2)CC1. The lowest BCUT2D eigenvalue weighted by molar-refractivity contribution is 0.373. The van der Waals surface area contributed by atoms with Crippen molar-refractivity contribution in [2.45, 2.75) is 11.8 Å². The molecule has 0 amide bonds. The molecule has 0 atom stereocenters. The van der Waals surface area contributed by atoms with Crippen LogP contribution in [0.4, 0.5) is 5.82 Å². The predicted molar refractivity (Wildman–Crippen MR) is 95.7 cm³/mol. The van der Waals surface area contributed by atoms with Gasteiger partial charge in [0.15, 0.2) is 0 Å². The van der Waals surface area contributed by atoms with Gasteiger partial charge < -0.3 is 9.64 Å². The van der Waals surface area contributed by atoms with Crippen molar-refractivity contribution in [1.29, 1.82) is 0 Å². The molecule has 1 saturated heterocycles. The van der Waals surface area contributed by atoms with E-state index in [1.54, 1.807) is 12.1 Å². The van der Waals surface area contributed by atoms with Crippen LogP contribution in [-0.2, 0) is 10.0 Å².